The molecule has 0 aliphatic carbocycles. The fourth-order valence-electron chi connectivity index (χ4n) is 0.958. The van der Waals surface area contributed by atoms with Gasteiger partial charge in [0.2, 0.25) is 0 Å². The van der Waals surface area contributed by atoms with Crippen LogP contribution in [0.2, 0.25) is 0 Å². The van der Waals surface area contributed by atoms with Crippen LogP contribution in [0.25, 0.3) is 0 Å². The van der Waals surface area contributed by atoms with Crippen LogP contribution in [0.5, 0.6) is 0 Å². The Labute approximate surface area is 141 Å². The molecule has 162 valence electrons. The Morgan fingerprint density at radius 1 is 0.667 bits per heavy atom. The second kappa shape index (κ2) is 6.64. The summed E-state index contributed by atoms with van der Waals surface area (Å²) < 4.78 is 179. The van der Waals surface area contributed by atoms with Gasteiger partial charge in [0.15, 0.2) is 0 Å². The van der Waals surface area contributed by atoms with Crippen molar-refractivity contribution in [2.75, 3.05) is 0 Å². The summed E-state index contributed by atoms with van der Waals surface area (Å²) in [5.74, 6) is -11.4. The summed E-state index contributed by atoms with van der Waals surface area (Å²) >= 11 is 3.57. The van der Waals surface area contributed by atoms with Crippen molar-refractivity contribution in [3.05, 3.63) is 0 Å². The number of carboxylic acid groups (broad SMARTS) is 1. The number of aliphatic carboxylic acids is 1. The van der Waals surface area contributed by atoms with E-state index in [9.17, 15) is 66.3 Å². The lowest BCUT2D eigenvalue weighted by molar-refractivity contribution is -0.531. The molecule has 2 atom stereocenters. The molecule has 0 aromatic carbocycles. The zero-order valence-electron chi connectivity index (χ0n) is 11.3. The van der Waals surface area contributed by atoms with Gasteiger partial charge in [-0.2, -0.15) is 57.1 Å². The van der Waals surface area contributed by atoms with Crippen molar-refractivity contribution in [3.63, 3.8) is 0 Å². The molecule has 0 aromatic heterocycles. The van der Waals surface area contributed by atoms with Crippen LogP contribution in [0.4, 0.5) is 61.5 Å². The number of carboxylic acids is 1. The lowest BCUT2D eigenvalue weighted by atomic mass is 10.2. The highest BCUT2D eigenvalue weighted by molar-refractivity contribution is 6.24. The zero-order chi connectivity index (χ0) is 22.5. The fourth-order valence-corrected chi connectivity index (χ4v) is 0.997. The van der Waals surface area contributed by atoms with Crippen LogP contribution < -0.4 is 0 Å². The Balaban J connectivity index is 6.27. The molecule has 0 aromatic rings. The Morgan fingerprint density at radius 3 is 1.30 bits per heavy atom. The first kappa shape index (κ1) is 25.7. The van der Waals surface area contributed by atoms with Gasteiger partial charge in [0, 0.05) is 0 Å². The summed E-state index contributed by atoms with van der Waals surface area (Å²) in [7, 11) is 0. The van der Waals surface area contributed by atoms with Crippen molar-refractivity contribution in [3.8, 4) is 0 Å². The second-order valence-corrected chi connectivity index (χ2v) is 4.75. The van der Waals surface area contributed by atoms with Crippen molar-refractivity contribution in [2.24, 2.45) is 0 Å². The van der Waals surface area contributed by atoms with Gasteiger partial charge in [-0.25, -0.2) is 13.9 Å². The van der Waals surface area contributed by atoms with Crippen LogP contribution in [0.3, 0.4) is 0 Å². The number of hydrogen-bond donors (Lipinski definition) is 1. The maximum atomic E-state index is 13.4. The minimum absolute atomic E-state index is 1.49. The largest absolute Gasteiger partial charge is 0.475 e. The number of hydrogen-bond acceptors (Lipinski definition) is 3. The molecular weight excluding hydrogens is 462 g/mol. The summed E-state index contributed by atoms with van der Waals surface area (Å²) in [5.41, 5.74) is 0. The predicted octanol–water partition coefficient (Wildman–Crippen LogP) is 4.58. The van der Waals surface area contributed by atoms with Gasteiger partial charge >= 0.3 is 47.6 Å². The molecule has 2 unspecified atom stereocenters. The highest BCUT2D eigenvalue weighted by Crippen LogP contribution is 2.55. The summed E-state index contributed by atoms with van der Waals surface area (Å²) in [6.45, 7) is 0. The van der Waals surface area contributed by atoms with Crippen molar-refractivity contribution in [2.45, 2.75) is 41.7 Å². The predicted molar refractivity (Wildman–Crippen MR) is 50.3 cm³/mol. The van der Waals surface area contributed by atoms with Crippen LogP contribution in [0.1, 0.15) is 0 Å². The molecule has 0 fully saturated rings. The highest BCUT2D eigenvalue weighted by atomic mass is 35.5. The average molecular weight is 463 g/mol. The maximum Gasteiger partial charge on any atom is 0.459 e. The molecule has 27 heavy (non-hydrogen) atoms. The van der Waals surface area contributed by atoms with Crippen LogP contribution in [-0.4, -0.2) is 52.7 Å². The van der Waals surface area contributed by atoms with E-state index in [4.69, 9.17) is 5.11 Å². The molecule has 0 bridgehead atoms. The van der Waals surface area contributed by atoms with E-state index < -0.39 is 47.6 Å². The number of alkyl halides is 15. The van der Waals surface area contributed by atoms with E-state index in [-0.39, 0.29) is 0 Å². The molecule has 0 aliphatic heterocycles. The van der Waals surface area contributed by atoms with Gasteiger partial charge in [-0.15, -0.1) is 0 Å². The van der Waals surface area contributed by atoms with Gasteiger partial charge in [-0.1, -0.05) is 11.6 Å². The third kappa shape index (κ3) is 4.58. The van der Waals surface area contributed by atoms with E-state index in [0.29, 0.717) is 0 Å². The molecule has 0 rings (SSSR count). The Hall–Kier alpha value is -1.30. The quantitative estimate of drug-likeness (QED) is 0.445. The number of halogens is 15. The second-order valence-electron chi connectivity index (χ2n) is 4.22. The maximum absolute atomic E-state index is 13.4. The average Bonchev–Trinajstić information content (AvgIpc) is 2.33. The molecule has 0 aliphatic rings. The topological polar surface area (TPSA) is 55.8 Å². The summed E-state index contributed by atoms with van der Waals surface area (Å²) in [5, 5.41) is 1.03. The standard InChI is InChI=1S/C8HClF14O4/c9-3(12,5(14,15)16)7(20,21)27-8(22,23)4(13,6(17,18)19)26-2(10,11)1(24)25/h(H,24,25). The molecule has 0 radical (unpaired) electrons. The van der Waals surface area contributed by atoms with E-state index in [0.717, 1.165) is 0 Å². The molecule has 0 saturated carbocycles. The number of carbonyl (C=O) groups is 1. The van der Waals surface area contributed by atoms with E-state index in [1.165, 1.54) is 4.74 Å². The smallest absolute Gasteiger partial charge is 0.459 e. The minimum atomic E-state index is -7.59. The summed E-state index contributed by atoms with van der Waals surface area (Å²) in [4.78, 5) is 9.86. The fraction of sp³-hybridized carbons (Fsp3) is 0.875. The highest BCUT2D eigenvalue weighted by Gasteiger charge is 2.83. The van der Waals surface area contributed by atoms with E-state index >= 15 is 0 Å². The third-order valence-electron chi connectivity index (χ3n) is 2.23. The van der Waals surface area contributed by atoms with Crippen LogP contribution in [-0.2, 0) is 14.3 Å². The van der Waals surface area contributed by atoms with Crippen molar-refractivity contribution < 1.29 is 80.8 Å². The molecule has 0 amide bonds. The number of rotatable bonds is 7. The molecule has 0 saturated heterocycles. The van der Waals surface area contributed by atoms with Gasteiger partial charge < -0.3 is 5.11 Å². The monoisotopic (exact) mass is 462 g/mol. The Morgan fingerprint density at radius 2 is 1.04 bits per heavy atom. The van der Waals surface area contributed by atoms with E-state index in [1.54, 1.807) is 4.74 Å². The molecule has 1 N–H and O–H groups in total. The van der Waals surface area contributed by atoms with E-state index in [1.807, 2.05) is 0 Å². The van der Waals surface area contributed by atoms with Gasteiger partial charge in [0.05, 0.1) is 0 Å². The lowest BCUT2D eigenvalue weighted by Gasteiger charge is -2.38. The molecule has 4 nitrogen and oxygen atoms in total. The van der Waals surface area contributed by atoms with Crippen molar-refractivity contribution >= 4 is 17.6 Å². The normalized spacial score (nSPS) is 19.4. The molecular formula is C8HClF14O4. The Bertz CT molecular complexity index is 568. The third-order valence-corrected chi connectivity index (χ3v) is 2.67. The van der Waals surface area contributed by atoms with Gasteiger partial charge in [-0.05, 0) is 0 Å². The van der Waals surface area contributed by atoms with E-state index in [2.05, 4.69) is 11.6 Å². The van der Waals surface area contributed by atoms with Crippen molar-refractivity contribution in [1.82, 2.24) is 0 Å². The van der Waals surface area contributed by atoms with Gasteiger partial charge in [0.25, 0.3) is 0 Å². The van der Waals surface area contributed by atoms with Crippen molar-refractivity contribution in [1.29, 1.82) is 0 Å². The first-order valence-electron chi connectivity index (χ1n) is 5.33. The SMILES string of the molecule is O=C(O)C(F)(F)OC(F)(C(F)(F)F)C(F)(F)OC(F)(F)C(F)(Cl)C(F)(F)F. The minimum Gasteiger partial charge on any atom is -0.475 e. The molecule has 0 heterocycles. The number of ether oxygens (including phenoxy) is 2. The van der Waals surface area contributed by atoms with Crippen LogP contribution in [0.15, 0.2) is 0 Å². The molecule has 19 heteroatoms. The first-order chi connectivity index (χ1) is 11.4. The summed E-state index contributed by atoms with van der Waals surface area (Å²) in [6.07, 6.45) is -35.9. The lowest BCUT2D eigenvalue weighted by Crippen LogP contribution is -2.65. The van der Waals surface area contributed by atoms with Gasteiger partial charge in [0.1, 0.15) is 0 Å². The Kier molecular flexibility index (Phi) is 6.32. The first-order valence-corrected chi connectivity index (χ1v) is 5.71. The van der Waals surface area contributed by atoms with Gasteiger partial charge in [-0.3, -0.25) is 4.74 Å². The molecule has 0 spiro atoms. The summed E-state index contributed by atoms with van der Waals surface area (Å²) in [6, 6.07) is 0. The zero-order valence-corrected chi connectivity index (χ0v) is 12.1. The van der Waals surface area contributed by atoms with Crippen LogP contribution in [0, 0.1) is 0 Å². The van der Waals surface area contributed by atoms with Crippen LogP contribution >= 0.6 is 11.6 Å².